The van der Waals surface area contributed by atoms with Crippen molar-refractivity contribution in [2.45, 2.75) is 6.42 Å². The molecule has 0 bridgehead atoms. The summed E-state index contributed by atoms with van der Waals surface area (Å²) < 4.78 is 0. The van der Waals surface area contributed by atoms with E-state index in [1.807, 2.05) is 30.3 Å². The summed E-state index contributed by atoms with van der Waals surface area (Å²) in [6, 6.07) is 9.86. The van der Waals surface area contributed by atoms with Crippen LogP contribution in [0.5, 0.6) is 0 Å². The van der Waals surface area contributed by atoms with Gasteiger partial charge in [0.15, 0.2) is 0 Å². The Morgan fingerprint density at radius 1 is 1.29 bits per heavy atom. The summed E-state index contributed by atoms with van der Waals surface area (Å²) in [6.45, 7) is 4.05. The molecule has 1 amide bonds. The van der Waals surface area contributed by atoms with E-state index in [9.17, 15) is 4.79 Å². The maximum absolute atomic E-state index is 11.8. The summed E-state index contributed by atoms with van der Waals surface area (Å²) in [5.74, 6) is 0.107. The van der Waals surface area contributed by atoms with Gasteiger partial charge in [-0.1, -0.05) is 30.3 Å². The molecular formula is C13H20N3O+. The van der Waals surface area contributed by atoms with Crippen molar-refractivity contribution in [3.8, 4) is 0 Å². The number of nitrogens with zero attached hydrogens (tertiary/aromatic N) is 1. The van der Waals surface area contributed by atoms with Gasteiger partial charge < -0.3 is 0 Å². The van der Waals surface area contributed by atoms with E-state index in [2.05, 4.69) is 17.4 Å². The molecule has 0 unspecified atom stereocenters. The second-order valence-corrected chi connectivity index (χ2v) is 4.62. The van der Waals surface area contributed by atoms with E-state index in [4.69, 9.17) is 0 Å². The van der Waals surface area contributed by atoms with Crippen LogP contribution >= 0.6 is 0 Å². The molecule has 4 nitrogen and oxygen atoms in total. The number of carbonyl (C=O) groups is 1. The summed E-state index contributed by atoms with van der Waals surface area (Å²) in [5, 5.41) is 1.18. The van der Waals surface area contributed by atoms with Gasteiger partial charge >= 0.3 is 0 Å². The van der Waals surface area contributed by atoms with Gasteiger partial charge in [-0.2, -0.15) is 0 Å². The fourth-order valence-corrected chi connectivity index (χ4v) is 2.04. The Morgan fingerprint density at radius 3 is 2.59 bits per heavy atom. The first-order valence-electron chi connectivity index (χ1n) is 6.11. The van der Waals surface area contributed by atoms with E-state index in [-0.39, 0.29) is 5.91 Å². The van der Waals surface area contributed by atoms with E-state index in [1.165, 1.54) is 5.01 Å². The van der Waals surface area contributed by atoms with Crippen LogP contribution in [0, 0.1) is 0 Å². The highest BCUT2D eigenvalue weighted by Crippen LogP contribution is 1.98. The standard InChI is InChI=1S/C13H19N3O/c1-15-7-9-16(10-8-15)14-13(17)11-12-5-3-2-4-6-12/h2-6H,7-11H2,1H3,(H,14,17)/p+1. The molecule has 0 aliphatic carbocycles. The fourth-order valence-electron chi connectivity index (χ4n) is 2.04. The Labute approximate surface area is 102 Å². The lowest BCUT2D eigenvalue weighted by Crippen LogP contribution is -3.21. The SMILES string of the molecule is CN1CC[NH+](NC(=O)Cc2ccccc2)CC1. The molecule has 0 radical (unpaired) electrons. The summed E-state index contributed by atoms with van der Waals surface area (Å²) in [5.41, 5.74) is 4.11. The zero-order valence-electron chi connectivity index (χ0n) is 10.3. The first kappa shape index (κ1) is 12.1. The summed E-state index contributed by atoms with van der Waals surface area (Å²) in [4.78, 5) is 14.1. The molecule has 1 heterocycles. The first-order chi connectivity index (χ1) is 8.24. The van der Waals surface area contributed by atoms with Crippen LogP contribution in [0.25, 0.3) is 0 Å². The van der Waals surface area contributed by atoms with Crippen LogP contribution in [0.4, 0.5) is 0 Å². The molecule has 1 saturated heterocycles. The molecule has 1 aliphatic heterocycles. The Kier molecular flexibility index (Phi) is 4.12. The molecule has 1 aromatic carbocycles. The lowest BCUT2D eigenvalue weighted by molar-refractivity contribution is -0.940. The van der Waals surface area contributed by atoms with Crippen LogP contribution < -0.4 is 10.4 Å². The molecule has 0 atom stereocenters. The number of piperazine rings is 1. The molecule has 0 spiro atoms. The van der Waals surface area contributed by atoms with E-state index in [0.717, 1.165) is 31.7 Å². The highest BCUT2D eigenvalue weighted by Gasteiger charge is 2.19. The third-order valence-electron chi connectivity index (χ3n) is 3.11. The Balaban J connectivity index is 1.78. The third-order valence-corrected chi connectivity index (χ3v) is 3.11. The maximum Gasteiger partial charge on any atom is 0.269 e. The van der Waals surface area contributed by atoms with Gasteiger partial charge in [-0.3, -0.25) is 9.69 Å². The van der Waals surface area contributed by atoms with Crippen LogP contribution in [0.15, 0.2) is 30.3 Å². The molecule has 0 saturated carbocycles. The van der Waals surface area contributed by atoms with Crippen molar-refractivity contribution < 1.29 is 9.80 Å². The minimum absolute atomic E-state index is 0.107. The topological polar surface area (TPSA) is 36.8 Å². The number of carbonyl (C=O) groups excluding carboxylic acids is 1. The van der Waals surface area contributed by atoms with Gasteiger partial charge in [-0.05, 0) is 12.6 Å². The minimum atomic E-state index is 0.107. The minimum Gasteiger partial charge on any atom is -0.295 e. The van der Waals surface area contributed by atoms with Crippen LogP contribution in [0.3, 0.4) is 0 Å². The van der Waals surface area contributed by atoms with E-state index in [0.29, 0.717) is 6.42 Å². The molecule has 1 fully saturated rings. The number of amides is 1. The number of hydrogen-bond donors (Lipinski definition) is 2. The van der Waals surface area contributed by atoms with Gasteiger partial charge in [0.1, 0.15) is 13.1 Å². The Morgan fingerprint density at radius 2 is 1.94 bits per heavy atom. The van der Waals surface area contributed by atoms with E-state index < -0.39 is 0 Å². The number of likely N-dealkylation sites (N-methyl/N-ethyl adjacent to an activating group) is 1. The summed E-state index contributed by atoms with van der Waals surface area (Å²) in [6.07, 6.45) is 0.472. The molecule has 2 N–H and O–H groups in total. The van der Waals surface area contributed by atoms with Crippen molar-refractivity contribution >= 4 is 5.91 Å². The Hall–Kier alpha value is -1.39. The van der Waals surface area contributed by atoms with E-state index in [1.54, 1.807) is 0 Å². The first-order valence-corrected chi connectivity index (χ1v) is 6.11. The number of nitrogens with one attached hydrogen (secondary N) is 2. The highest BCUT2D eigenvalue weighted by atomic mass is 16.2. The molecule has 1 aromatic rings. The van der Waals surface area contributed by atoms with Gasteiger partial charge in [0.25, 0.3) is 5.91 Å². The number of rotatable bonds is 3. The second-order valence-electron chi connectivity index (χ2n) is 4.62. The smallest absolute Gasteiger partial charge is 0.269 e. The average molecular weight is 234 g/mol. The monoisotopic (exact) mass is 234 g/mol. The second kappa shape index (κ2) is 5.80. The molecule has 92 valence electrons. The van der Waals surface area contributed by atoms with Crippen molar-refractivity contribution in [1.29, 1.82) is 0 Å². The molecular weight excluding hydrogens is 214 g/mol. The normalized spacial score (nSPS) is 17.9. The zero-order valence-corrected chi connectivity index (χ0v) is 10.3. The van der Waals surface area contributed by atoms with E-state index >= 15 is 0 Å². The van der Waals surface area contributed by atoms with Crippen molar-refractivity contribution in [1.82, 2.24) is 10.3 Å². The van der Waals surface area contributed by atoms with Crippen LogP contribution in [-0.4, -0.2) is 44.0 Å². The van der Waals surface area contributed by atoms with Gasteiger partial charge in [0.05, 0.1) is 6.42 Å². The van der Waals surface area contributed by atoms with Gasteiger partial charge in [0, 0.05) is 13.1 Å². The average Bonchev–Trinajstić information content (AvgIpc) is 2.33. The summed E-state index contributed by atoms with van der Waals surface area (Å²) >= 11 is 0. The van der Waals surface area contributed by atoms with Gasteiger partial charge in [-0.25, -0.2) is 10.4 Å². The largest absolute Gasteiger partial charge is 0.295 e. The molecule has 1 aliphatic rings. The fraction of sp³-hybridized carbons (Fsp3) is 0.462. The number of quaternary nitrogens is 1. The van der Waals surface area contributed by atoms with Gasteiger partial charge in [0.2, 0.25) is 0 Å². The number of benzene rings is 1. The maximum atomic E-state index is 11.8. The lowest BCUT2D eigenvalue weighted by Gasteiger charge is -2.28. The molecule has 0 aromatic heterocycles. The van der Waals surface area contributed by atoms with Crippen molar-refractivity contribution in [2.24, 2.45) is 0 Å². The summed E-state index contributed by atoms with van der Waals surface area (Å²) in [7, 11) is 2.11. The highest BCUT2D eigenvalue weighted by molar-refractivity contribution is 5.77. The zero-order chi connectivity index (χ0) is 12.1. The van der Waals surface area contributed by atoms with Crippen molar-refractivity contribution in [3.05, 3.63) is 35.9 Å². The predicted molar refractivity (Wildman–Crippen MR) is 66.5 cm³/mol. The molecule has 2 rings (SSSR count). The Bertz CT molecular complexity index is 358. The van der Waals surface area contributed by atoms with Crippen LogP contribution in [-0.2, 0) is 11.2 Å². The third kappa shape index (κ3) is 3.84. The van der Waals surface area contributed by atoms with Crippen molar-refractivity contribution in [3.63, 3.8) is 0 Å². The number of hydrogen-bond acceptors (Lipinski definition) is 2. The van der Waals surface area contributed by atoms with Gasteiger partial charge in [-0.15, -0.1) is 0 Å². The van der Waals surface area contributed by atoms with Crippen molar-refractivity contribution in [2.75, 3.05) is 33.2 Å². The lowest BCUT2D eigenvalue weighted by atomic mass is 10.1. The quantitative estimate of drug-likeness (QED) is 0.710. The molecule has 17 heavy (non-hydrogen) atoms. The van der Waals surface area contributed by atoms with Crippen LogP contribution in [0.2, 0.25) is 0 Å². The predicted octanol–water partition coefficient (Wildman–Crippen LogP) is -0.909. The van der Waals surface area contributed by atoms with Crippen LogP contribution in [0.1, 0.15) is 5.56 Å². The molecule has 4 heteroatoms.